The lowest BCUT2D eigenvalue weighted by molar-refractivity contribution is -0.136. The van der Waals surface area contributed by atoms with Crippen LogP contribution in [0.3, 0.4) is 0 Å². The summed E-state index contributed by atoms with van der Waals surface area (Å²) in [6.07, 6.45) is 2.25. The molecule has 0 radical (unpaired) electrons. The first kappa shape index (κ1) is 14.7. The molecular formula is C11H21NO4. The van der Waals surface area contributed by atoms with Crippen LogP contribution < -0.4 is 5.32 Å². The van der Waals surface area contributed by atoms with Crippen LogP contribution >= 0.6 is 0 Å². The molecule has 0 unspecified atom stereocenters. The van der Waals surface area contributed by atoms with Crippen molar-refractivity contribution in [2.45, 2.75) is 46.1 Å². The average Bonchev–Trinajstić information content (AvgIpc) is 2.82. The molecule has 2 N–H and O–H groups in total. The summed E-state index contributed by atoms with van der Waals surface area (Å²) in [6.45, 7) is 6.96. The summed E-state index contributed by atoms with van der Waals surface area (Å²) in [6, 6.07) is 0. The number of amides is 1. The molecule has 0 saturated heterocycles. The standard InChI is InChI=1S/C7H13NO4.C4H8/c1-7(2,3)12-6(11)8-4-5(9)10;1-4-2-3-4/h4H2,1-3H3,(H,8,11)(H,9,10);4H,2-3H2,1H3. The van der Waals surface area contributed by atoms with E-state index in [2.05, 4.69) is 12.2 Å². The van der Waals surface area contributed by atoms with Crippen LogP contribution in [0.1, 0.15) is 40.5 Å². The van der Waals surface area contributed by atoms with E-state index in [-0.39, 0.29) is 0 Å². The molecule has 5 heteroatoms. The zero-order valence-corrected chi connectivity index (χ0v) is 10.4. The highest BCUT2D eigenvalue weighted by molar-refractivity contribution is 5.76. The third kappa shape index (κ3) is 12.7. The highest BCUT2D eigenvalue weighted by Gasteiger charge is 2.16. The molecule has 0 spiro atoms. The van der Waals surface area contributed by atoms with Crippen molar-refractivity contribution in [2.75, 3.05) is 6.54 Å². The highest BCUT2D eigenvalue weighted by Crippen LogP contribution is 2.26. The predicted octanol–water partition coefficient (Wildman–Crippen LogP) is 2.01. The van der Waals surface area contributed by atoms with Crippen molar-refractivity contribution in [2.24, 2.45) is 5.92 Å². The third-order valence-corrected chi connectivity index (χ3v) is 1.65. The van der Waals surface area contributed by atoms with Crippen LogP contribution in [-0.4, -0.2) is 29.3 Å². The number of ether oxygens (including phenoxy) is 1. The molecule has 0 aliphatic heterocycles. The molecule has 1 saturated carbocycles. The van der Waals surface area contributed by atoms with Crippen molar-refractivity contribution in [1.29, 1.82) is 0 Å². The predicted molar refractivity (Wildman–Crippen MR) is 60.3 cm³/mol. The summed E-state index contributed by atoms with van der Waals surface area (Å²) in [4.78, 5) is 20.8. The Hall–Kier alpha value is -1.26. The molecule has 0 aromatic heterocycles. The van der Waals surface area contributed by atoms with Gasteiger partial charge in [-0.2, -0.15) is 0 Å². The van der Waals surface area contributed by atoms with Gasteiger partial charge in [0.05, 0.1) is 0 Å². The first-order valence-electron chi connectivity index (χ1n) is 5.39. The normalized spacial score (nSPS) is 14.5. The molecular weight excluding hydrogens is 210 g/mol. The largest absolute Gasteiger partial charge is 0.480 e. The van der Waals surface area contributed by atoms with Crippen LogP contribution in [0.25, 0.3) is 0 Å². The molecule has 0 heterocycles. The van der Waals surface area contributed by atoms with Crippen molar-refractivity contribution in [3.05, 3.63) is 0 Å². The smallest absolute Gasteiger partial charge is 0.408 e. The number of carboxylic acid groups (broad SMARTS) is 1. The first-order valence-corrected chi connectivity index (χ1v) is 5.39. The Morgan fingerprint density at radius 2 is 1.81 bits per heavy atom. The number of aliphatic carboxylic acids is 1. The molecule has 5 nitrogen and oxygen atoms in total. The van der Waals surface area contributed by atoms with Crippen LogP contribution in [0, 0.1) is 5.92 Å². The SMILES string of the molecule is CC(C)(C)OC(=O)NCC(=O)O.CC1CC1. The minimum absolute atomic E-state index is 0.422. The van der Waals surface area contributed by atoms with E-state index in [0.29, 0.717) is 0 Å². The van der Waals surface area contributed by atoms with Gasteiger partial charge < -0.3 is 15.2 Å². The zero-order valence-electron chi connectivity index (χ0n) is 10.4. The van der Waals surface area contributed by atoms with Gasteiger partial charge in [-0.15, -0.1) is 0 Å². The monoisotopic (exact) mass is 231 g/mol. The number of rotatable bonds is 2. The molecule has 0 aromatic rings. The first-order chi connectivity index (χ1) is 7.20. The van der Waals surface area contributed by atoms with Gasteiger partial charge in [-0.3, -0.25) is 4.79 Å². The maximum atomic E-state index is 10.8. The van der Waals surface area contributed by atoms with Crippen LogP contribution in [0.4, 0.5) is 4.79 Å². The average molecular weight is 231 g/mol. The fourth-order valence-electron chi connectivity index (χ4n) is 0.629. The van der Waals surface area contributed by atoms with Crippen molar-refractivity contribution in [3.8, 4) is 0 Å². The van der Waals surface area contributed by atoms with Gasteiger partial charge >= 0.3 is 12.1 Å². The van der Waals surface area contributed by atoms with E-state index in [9.17, 15) is 9.59 Å². The van der Waals surface area contributed by atoms with Crippen molar-refractivity contribution < 1.29 is 19.4 Å². The minimum Gasteiger partial charge on any atom is -0.480 e. The Morgan fingerprint density at radius 1 is 1.38 bits per heavy atom. The second-order valence-electron chi connectivity index (χ2n) is 4.93. The summed E-state index contributed by atoms with van der Waals surface area (Å²) in [5.41, 5.74) is -0.595. The molecule has 1 aliphatic rings. The lowest BCUT2D eigenvalue weighted by atomic mass is 10.2. The van der Waals surface area contributed by atoms with E-state index < -0.39 is 24.2 Å². The summed E-state index contributed by atoms with van der Waals surface area (Å²) in [7, 11) is 0. The molecule has 1 aliphatic carbocycles. The van der Waals surface area contributed by atoms with E-state index in [1.807, 2.05) is 0 Å². The van der Waals surface area contributed by atoms with Gasteiger partial charge in [-0.1, -0.05) is 19.8 Å². The van der Waals surface area contributed by atoms with Gasteiger partial charge in [0, 0.05) is 0 Å². The van der Waals surface area contributed by atoms with Crippen molar-refractivity contribution in [3.63, 3.8) is 0 Å². The van der Waals surface area contributed by atoms with Gasteiger partial charge in [0.15, 0.2) is 0 Å². The van der Waals surface area contributed by atoms with Crippen molar-refractivity contribution >= 4 is 12.1 Å². The molecule has 1 amide bonds. The van der Waals surface area contributed by atoms with E-state index >= 15 is 0 Å². The van der Waals surface area contributed by atoms with E-state index in [4.69, 9.17) is 9.84 Å². The van der Waals surface area contributed by atoms with Crippen molar-refractivity contribution in [1.82, 2.24) is 5.32 Å². The fourth-order valence-corrected chi connectivity index (χ4v) is 0.629. The topological polar surface area (TPSA) is 75.6 Å². The number of carbonyl (C=O) groups excluding carboxylic acids is 1. The number of alkyl carbamates (subject to hydrolysis) is 1. The summed E-state index contributed by atoms with van der Waals surface area (Å²) >= 11 is 0. The van der Waals surface area contributed by atoms with E-state index in [1.165, 1.54) is 12.8 Å². The van der Waals surface area contributed by atoms with Gasteiger partial charge in [0.1, 0.15) is 12.1 Å². The van der Waals surface area contributed by atoms with E-state index in [1.54, 1.807) is 20.8 Å². The molecule has 0 bridgehead atoms. The molecule has 0 atom stereocenters. The van der Waals surface area contributed by atoms with E-state index in [0.717, 1.165) is 5.92 Å². The lowest BCUT2D eigenvalue weighted by Gasteiger charge is -2.19. The van der Waals surface area contributed by atoms with Crippen LogP contribution in [0.2, 0.25) is 0 Å². The number of hydrogen-bond acceptors (Lipinski definition) is 3. The Morgan fingerprint density at radius 3 is 2.06 bits per heavy atom. The lowest BCUT2D eigenvalue weighted by Crippen LogP contribution is -2.35. The number of hydrogen-bond donors (Lipinski definition) is 2. The molecule has 94 valence electrons. The summed E-state index contributed by atoms with van der Waals surface area (Å²) < 4.78 is 4.77. The Kier molecular flexibility index (Phi) is 5.85. The van der Waals surface area contributed by atoms with Crippen LogP contribution in [0.15, 0.2) is 0 Å². The van der Waals surface area contributed by atoms with Gasteiger partial charge in [-0.05, 0) is 26.7 Å². The number of carbonyl (C=O) groups is 2. The zero-order chi connectivity index (χ0) is 12.8. The van der Waals surface area contributed by atoms with Gasteiger partial charge in [0.25, 0.3) is 0 Å². The van der Waals surface area contributed by atoms with Crippen LogP contribution in [0.5, 0.6) is 0 Å². The second-order valence-corrected chi connectivity index (χ2v) is 4.93. The van der Waals surface area contributed by atoms with Gasteiger partial charge in [0.2, 0.25) is 0 Å². The Labute approximate surface area is 96.2 Å². The number of nitrogens with one attached hydrogen (secondary N) is 1. The Balaban J connectivity index is 0.000000462. The fraction of sp³-hybridized carbons (Fsp3) is 0.818. The molecule has 1 rings (SSSR count). The minimum atomic E-state index is -1.10. The maximum absolute atomic E-state index is 10.8. The quantitative estimate of drug-likeness (QED) is 0.762. The summed E-state index contributed by atoms with van der Waals surface area (Å²) in [5.74, 6) is -0.0131. The molecule has 16 heavy (non-hydrogen) atoms. The summed E-state index contributed by atoms with van der Waals surface area (Å²) in [5, 5.41) is 10.3. The van der Waals surface area contributed by atoms with Crippen LogP contribution in [-0.2, 0) is 9.53 Å². The maximum Gasteiger partial charge on any atom is 0.408 e. The van der Waals surface area contributed by atoms with Gasteiger partial charge in [-0.25, -0.2) is 4.79 Å². The molecule has 1 fully saturated rings. The highest BCUT2D eigenvalue weighted by atomic mass is 16.6. The second kappa shape index (κ2) is 6.35. The third-order valence-electron chi connectivity index (χ3n) is 1.65. The number of carboxylic acids is 1. The Bertz CT molecular complexity index is 241. The molecule has 0 aromatic carbocycles.